The third-order valence-electron chi connectivity index (χ3n) is 2.62. The van der Waals surface area contributed by atoms with Crippen molar-refractivity contribution in [2.45, 2.75) is 26.8 Å². The van der Waals surface area contributed by atoms with Crippen LogP contribution in [0.15, 0.2) is 6.33 Å². The van der Waals surface area contributed by atoms with Crippen molar-refractivity contribution in [1.82, 2.24) is 20.1 Å². The number of nitrogens with zero attached hydrogens (tertiary/aromatic N) is 3. The van der Waals surface area contributed by atoms with Crippen LogP contribution >= 0.6 is 0 Å². The summed E-state index contributed by atoms with van der Waals surface area (Å²) in [5.41, 5.74) is 5.65. The van der Waals surface area contributed by atoms with Crippen LogP contribution < -0.4 is 5.73 Å². The molecule has 0 aromatic carbocycles. The largest absolute Gasteiger partial charge is 0.338 e. The lowest BCUT2D eigenvalue weighted by Crippen LogP contribution is -2.37. The van der Waals surface area contributed by atoms with Crippen LogP contribution in [0.4, 0.5) is 0 Å². The standard InChI is InChI=1S/C11H21N5O/c1-8(2)4-9(5-12)11(17)16(3)6-10-13-7-14-15-10/h7-9H,4-6,12H2,1-3H3,(H,13,14,15). The molecule has 0 aliphatic carbocycles. The van der Waals surface area contributed by atoms with Gasteiger partial charge in [0, 0.05) is 13.6 Å². The molecule has 0 saturated heterocycles. The van der Waals surface area contributed by atoms with E-state index < -0.39 is 0 Å². The number of carbonyl (C=O) groups is 1. The lowest BCUT2D eigenvalue weighted by molar-refractivity contribution is -0.135. The van der Waals surface area contributed by atoms with Crippen LogP contribution in [-0.2, 0) is 11.3 Å². The highest BCUT2D eigenvalue weighted by Gasteiger charge is 2.22. The molecule has 1 aromatic heterocycles. The molecule has 3 N–H and O–H groups in total. The Morgan fingerprint density at radius 2 is 2.29 bits per heavy atom. The van der Waals surface area contributed by atoms with Gasteiger partial charge in [-0.3, -0.25) is 9.89 Å². The van der Waals surface area contributed by atoms with E-state index in [0.717, 1.165) is 6.42 Å². The summed E-state index contributed by atoms with van der Waals surface area (Å²) in [6.07, 6.45) is 2.25. The average molecular weight is 239 g/mol. The Morgan fingerprint density at radius 3 is 2.76 bits per heavy atom. The number of amides is 1. The monoisotopic (exact) mass is 239 g/mol. The molecule has 0 spiro atoms. The van der Waals surface area contributed by atoms with E-state index in [1.165, 1.54) is 6.33 Å². The van der Waals surface area contributed by atoms with E-state index in [1.807, 2.05) is 0 Å². The number of hydrogen-bond acceptors (Lipinski definition) is 4. The summed E-state index contributed by atoms with van der Waals surface area (Å²) in [6, 6.07) is 0. The zero-order valence-corrected chi connectivity index (χ0v) is 10.7. The van der Waals surface area contributed by atoms with Crippen LogP contribution in [0, 0.1) is 11.8 Å². The maximum absolute atomic E-state index is 12.1. The number of nitrogens with two attached hydrogens (primary N) is 1. The molecule has 0 aliphatic rings. The SMILES string of the molecule is CC(C)CC(CN)C(=O)N(C)Cc1ncn[nH]1. The smallest absolute Gasteiger partial charge is 0.227 e. The fourth-order valence-electron chi connectivity index (χ4n) is 1.79. The van der Waals surface area contributed by atoms with Crippen molar-refractivity contribution in [3.05, 3.63) is 12.2 Å². The summed E-state index contributed by atoms with van der Waals surface area (Å²) in [5, 5.41) is 6.48. The zero-order valence-electron chi connectivity index (χ0n) is 10.7. The highest BCUT2D eigenvalue weighted by Crippen LogP contribution is 2.13. The van der Waals surface area contributed by atoms with Gasteiger partial charge in [0.25, 0.3) is 0 Å². The Hall–Kier alpha value is -1.43. The van der Waals surface area contributed by atoms with Crippen molar-refractivity contribution in [3.8, 4) is 0 Å². The molecular formula is C11H21N5O. The second-order valence-electron chi connectivity index (χ2n) is 4.69. The molecule has 6 nitrogen and oxygen atoms in total. The van der Waals surface area contributed by atoms with Crippen molar-refractivity contribution < 1.29 is 4.79 Å². The van der Waals surface area contributed by atoms with Crippen molar-refractivity contribution >= 4 is 5.91 Å². The molecule has 1 unspecified atom stereocenters. The molecule has 0 aliphatic heterocycles. The number of rotatable bonds is 6. The first-order valence-electron chi connectivity index (χ1n) is 5.83. The van der Waals surface area contributed by atoms with Crippen LogP contribution in [0.2, 0.25) is 0 Å². The first-order chi connectivity index (χ1) is 8.04. The summed E-state index contributed by atoms with van der Waals surface area (Å²) in [7, 11) is 1.76. The van der Waals surface area contributed by atoms with Crippen molar-refractivity contribution in [2.75, 3.05) is 13.6 Å². The zero-order chi connectivity index (χ0) is 12.8. The van der Waals surface area contributed by atoms with E-state index in [4.69, 9.17) is 5.73 Å². The quantitative estimate of drug-likeness (QED) is 0.751. The van der Waals surface area contributed by atoms with Crippen molar-refractivity contribution in [1.29, 1.82) is 0 Å². The first-order valence-corrected chi connectivity index (χ1v) is 5.83. The number of aromatic amines is 1. The Kier molecular flexibility index (Phi) is 5.09. The summed E-state index contributed by atoms with van der Waals surface area (Å²) < 4.78 is 0. The predicted octanol–water partition coefficient (Wildman–Crippen LogP) is 0.384. The fraction of sp³-hybridized carbons (Fsp3) is 0.727. The van der Waals surface area contributed by atoms with Gasteiger partial charge < -0.3 is 10.6 Å². The van der Waals surface area contributed by atoms with E-state index in [0.29, 0.717) is 24.8 Å². The normalized spacial score (nSPS) is 12.8. The first kappa shape index (κ1) is 13.6. The second kappa shape index (κ2) is 6.34. The Morgan fingerprint density at radius 1 is 1.59 bits per heavy atom. The summed E-state index contributed by atoms with van der Waals surface area (Å²) in [4.78, 5) is 17.8. The molecular weight excluding hydrogens is 218 g/mol. The Balaban J connectivity index is 2.54. The molecule has 17 heavy (non-hydrogen) atoms. The van der Waals surface area contributed by atoms with Gasteiger partial charge in [0.15, 0.2) is 0 Å². The number of hydrogen-bond donors (Lipinski definition) is 2. The molecule has 0 fully saturated rings. The van der Waals surface area contributed by atoms with Crippen LogP contribution in [0.5, 0.6) is 0 Å². The lowest BCUT2D eigenvalue weighted by atomic mass is 9.96. The summed E-state index contributed by atoms with van der Waals surface area (Å²) in [6.45, 7) is 5.00. The Labute approximate surface area is 102 Å². The molecule has 6 heteroatoms. The maximum atomic E-state index is 12.1. The highest BCUT2D eigenvalue weighted by atomic mass is 16.2. The molecule has 1 rings (SSSR count). The third-order valence-corrected chi connectivity index (χ3v) is 2.62. The van der Waals surface area contributed by atoms with E-state index in [-0.39, 0.29) is 11.8 Å². The number of aromatic nitrogens is 3. The minimum Gasteiger partial charge on any atom is -0.338 e. The molecule has 0 saturated carbocycles. The minimum absolute atomic E-state index is 0.0672. The molecule has 0 bridgehead atoms. The number of carbonyl (C=O) groups excluding carboxylic acids is 1. The van der Waals surface area contributed by atoms with Gasteiger partial charge >= 0.3 is 0 Å². The fourth-order valence-corrected chi connectivity index (χ4v) is 1.79. The van der Waals surface area contributed by atoms with Gasteiger partial charge in [0.1, 0.15) is 12.2 Å². The van der Waals surface area contributed by atoms with E-state index in [2.05, 4.69) is 29.0 Å². The molecule has 96 valence electrons. The third kappa shape index (κ3) is 4.14. The molecule has 1 aromatic rings. The van der Waals surface area contributed by atoms with Crippen molar-refractivity contribution in [3.63, 3.8) is 0 Å². The van der Waals surface area contributed by atoms with Gasteiger partial charge in [-0.15, -0.1) is 0 Å². The van der Waals surface area contributed by atoms with Gasteiger partial charge in [0.05, 0.1) is 12.5 Å². The molecule has 1 atom stereocenters. The number of nitrogens with one attached hydrogen (secondary N) is 1. The topological polar surface area (TPSA) is 87.9 Å². The minimum atomic E-state index is -0.108. The molecule has 0 radical (unpaired) electrons. The lowest BCUT2D eigenvalue weighted by Gasteiger charge is -2.23. The molecule has 1 heterocycles. The Bertz CT molecular complexity index is 336. The summed E-state index contributed by atoms with van der Waals surface area (Å²) in [5.74, 6) is 1.10. The van der Waals surface area contributed by atoms with Gasteiger partial charge in [-0.05, 0) is 12.3 Å². The van der Waals surface area contributed by atoms with E-state index >= 15 is 0 Å². The highest BCUT2D eigenvalue weighted by molar-refractivity contribution is 5.78. The van der Waals surface area contributed by atoms with Gasteiger partial charge in [-0.25, -0.2) is 4.98 Å². The van der Waals surface area contributed by atoms with Crippen LogP contribution in [0.3, 0.4) is 0 Å². The van der Waals surface area contributed by atoms with Gasteiger partial charge in [-0.2, -0.15) is 5.10 Å². The van der Waals surface area contributed by atoms with E-state index in [9.17, 15) is 4.79 Å². The van der Waals surface area contributed by atoms with Gasteiger partial charge in [0.2, 0.25) is 5.91 Å². The second-order valence-corrected chi connectivity index (χ2v) is 4.69. The van der Waals surface area contributed by atoms with Crippen molar-refractivity contribution in [2.24, 2.45) is 17.6 Å². The molecule has 1 amide bonds. The van der Waals surface area contributed by atoms with Crippen LogP contribution in [-0.4, -0.2) is 39.6 Å². The predicted molar refractivity (Wildman–Crippen MR) is 64.9 cm³/mol. The van der Waals surface area contributed by atoms with Gasteiger partial charge in [-0.1, -0.05) is 13.8 Å². The van der Waals surface area contributed by atoms with E-state index in [1.54, 1.807) is 11.9 Å². The average Bonchev–Trinajstić information content (AvgIpc) is 2.77. The van der Waals surface area contributed by atoms with Crippen LogP contribution in [0.1, 0.15) is 26.1 Å². The summed E-state index contributed by atoms with van der Waals surface area (Å²) >= 11 is 0. The number of H-pyrrole nitrogens is 1. The maximum Gasteiger partial charge on any atom is 0.227 e. The van der Waals surface area contributed by atoms with Crippen LogP contribution in [0.25, 0.3) is 0 Å².